The molecule has 2 aromatic rings. The maximum absolute atomic E-state index is 12.7. The quantitative estimate of drug-likeness (QED) is 0.489. The van der Waals surface area contributed by atoms with E-state index in [0.29, 0.717) is 22.6 Å². The number of allylic oxidation sites excluding steroid dienone is 1. The number of hydrogen-bond donors (Lipinski definition) is 3. The highest BCUT2D eigenvalue weighted by Crippen LogP contribution is 2.36. The largest absolute Gasteiger partial charge is 0.497 e. The van der Waals surface area contributed by atoms with Crippen molar-refractivity contribution in [1.29, 1.82) is 0 Å². The van der Waals surface area contributed by atoms with E-state index in [9.17, 15) is 14.4 Å². The molecule has 0 fully saturated rings. The predicted molar refractivity (Wildman–Crippen MR) is 111 cm³/mol. The summed E-state index contributed by atoms with van der Waals surface area (Å²) in [6.45, 7) is -1.23. The van der Waals surface area contributed by atoms with Gasteiger partial charge in [0.05, 0.1) is 26.4 Å². The molecule has 1 atom stereocenters. The summed E-state index contributed by atoms with van der Waals surface area (Å²) in [6.07, 6.45) is 1.55. The molecule has 168 valence electrons. The van der Waals surface area contributed by atoms with Gasteiger partial charge in [0.15, 0.2) is 12.4 Å². The summed E-state index contributed by atoms with van der Waals surface area (Å²) < 4.78 is 21.5. The standard InChI is InChI=1S/C22H21NO9/c1-29-13-4-3-12(17(8-13)30-2)7-19-21(26)15-6-5-14(9-18(15)32-19)31-11-20(25)23-16(10-24)22(27)28/h3-9,16,24H,10-11H2,1-2H3,(H,23,25)(H,27,28). The molecule has 0 aliphatic carbocycles. The Hall–Kier alpha value is -4.05. The van der Waals surface area contributed by atoms with Gasteiger partial charge in [0.25, 0.3) is 5.91 Å². The van der Waals surface area contributed by atoms with Crippen molar-refractivity contribution in [3.8, 4) is 23.0 Å². The molecule has 3 rings (SSSR count). The first-order valence-electron chi connectivity index (χ1n) is 9.42. The first-order valence-corrected chi connectivity index (χ1v) is 9.42. The van der Waals surface area contributed by atoms with Gasteiger partial charge < -0.3 is 34.5 Å². The fourth-order valence-corrected chi connectivity index (χ4v) is 2.91. The van der Waals surface area contributed by atoms with Crippen molar-refractivity contribution < 1.29 is 43.5 Å². The molecule has 10 heteroatoms. The lowest BCUT2D eigenvalue weighted by Crippen LogP contribution is -2.45. The average Bonchev–Trinajstić information content (AvgIpc) is 3.10. The number of aliphatic hydroxyl groups is 1. The van der Waals surface area contributed by atoms with Crippen LogP contribution in [0, 0.1) is 0 Å². The van der Waals surface area contributed by atoms with Gasteiger partial charge in [0, 0.05) is 17.7 Å². The van der Waals surface area contributed by atoms with E-state index in [2.05, 4.69) is 5.32 Å². The summed E-state index contributed by atoms with van der Waals surface area (Å²) in [5.74, 6) is -0.724. The van der Waals surface area contributed by atoms with Crippen molar-refractivity contribution in [2.75, 3.05) is 27.4 Å². The summed E-state index contributed by atoms with van der Waals surface area (Å²) in [5, 5.41) is 19.9. The fourth-order valence-electron chi connectivity index (χ4n) is 2.91. The van der Waals surface area contributed by atoms with Gasteiger partial charge in [-0.25, -0.2) is 4.79 Å². The summed E-state index contributed by atoms with van der Waals surface area (Å²) in [7, 11) is 3.04. The third-order valence-electron chi connectivity index (χ3n) is 4.55. The van der Waals surface area contributed by atoms with Crippen molar-refractivity contribution in [3.05, 3.63) is 53.3 Å². The molecule has 32 heavy (non-hydrogen) atoms. The van der Waals surface area contributed by atoms with Crippen molar-refractivity contribution in [3.63, 3.8) is 0 Å². The minimum Gasteiger partial charge on any atom is -0.497 e. The second kappa shape index (κ2) is 9.84. The molecule has 0 aromatic heterocycles. The summed E-state index contributed by atoms with van der Waals surface area (Å²) in [6, 6.07) is 8.16. The van der Waals surface area contributed by atoms with Gasteiger partial charge in [0.2, 0.25) is 5.78 Å². The number of carbonyl (C=O) groups is 3. The van der Waals surface area contributed by atoms with E-state index in [1.807, 2.05) is 0 Å². The van der Waals surface area contributed by atoms with Gasteiger partial charge in [-0.05, 0) is 30.3 Å². The third kappa shape index (κ3) is 4.98. The van der Waals surface area contributed by atoms with E-state index in [4.69, 9.17) is 29.2 Å². The molecule has 2 aromatic carbocycles. The van der Waals surface area contributed by atoms with E-state index in [1.165, 1.54) is 32.4 Å². The van der Waals surface area contributed by atoms with E-state index >= 15 is 0 Å². The maximum atomic E-state index is 12.7. The van der Waals surface area contributed by atoms with Gasteiger partial charge in [-0.2, -0.15) is 0 Å². The average molecular weight is 443 g/mol. The fraction of sp³-hybridized carbons (Fsp3) is 0.227. The lowest BCUT2D eigenvalue weighted by molar-refractivity contribution is -0.143. The predicted octanol–water partition coefficient (Wildman–Crippen LogP) is 1.26. The highest BCUT2D eigenvalue weighted by molar-refractivity contribution is 6.14. The molecule has 0 spiro atoms. The Kier molecular flexibility index (Phi) is 6.96. The zero-order valence-electron chi connectivity index (χ0n) is 17.3. The number of aliphatic hydroxyl groups excluding tert-OH is 1. The molecule has 1 aliphatic rings. The molecule has 1 heterocycles. The number of rotatable bonds is 9. The van der Waals surface area contributed by atoms with Crippen LogP contribution >= 0.6 is 0 Å². The lowest BCUT2D eigenvalue weighted by Gasteiger charge is -2.12. The SMILES string of the molecule is COc1ccc(C=C2Oc3cc(OCC(=O)NC(CO)C(=O)O)ccc3C2=O)c(OC)c1. The van der Waals surface area contributed by atoms with Crippen LogP contribution in [0.15, 0.2) is 42.2 Å². The Morgan fingerprint density at radius 2 is 1.88 bits per heavy atom. The molecule has 1 amide bonds. The van der Waals surface area contributed by atoms with Gasteiger partial charge in [-0.1, -0.05) is 0 Å². The van der Waals surface area contributed by atoms with E-state index in [0.717, 1.165) is 0 Å². The lowest BCUT2D eigenvalue weighted by atomic mass is 10.1. The molecule has 0 saturated heterocycles. The Bertz CT molecular complexity index is 1080. The number of hydrogen-bond acceptors (Lipinski definition) is 8. The van der Waals surface area contributed by atoms with E-state index in [1.54, 1.807) is 24.3 Å². The van der Waals surface area contributed by atoms with E-state index < -0.39 is 31.1 Å². The second-order valence-electron chi connectivity index (χ2n) is 6.64. The zero-order valence-corrected chi connectivity index (χ0v) is 17.3. The Morgan fingerprint density at radius 1 is 1.12 bits per heavy atom. The minimum absolute atomic E-state index is 0.0885. The molecular weight excluding hydrogens is 422 g/mol. The highest BCUT2D eigenvalue weighted by atomic mass is 16.5. The van der Waals surface area contributed by atoms with Gasteiger partial charge in [-0.3, -0.25) is 9.59 Å². The van der Waals surface area contributed by atoms with Crippen LogP contribution in [0.2, 0.25) is 0 Å². The Labute approximate surface area is 183 Å². The number of ketones is 1. The van der Waals surface area contributed by atoms with Crippen molar-refractivity contribution >= 4 is 23.7 Å². The summed E-state index contributed by atoms with van der Waals surface area (Å²) in [5.41, 5.74) is 0.946. The Morgan fingerprint density at radius 3 is 2.53 bits per heavy atom. The van der Waals surface area contributed by atoms with Crippen molar-refractivity contribution in [2.24, 2.45) is 0 Å². The van der Waals surface area contributed by atoms with Crippen molar-refractivity contribution in [1.82, 2.24) is 5.32 Å². The first-order chi connectivity index (χ1) is 15.4. The number of methoxy groups -OCH3 is 2. The van der Waals surface area contributed by atoms with E-state index in [-0.39, 0.29) is 23.0 Å². The molecule has 0 radical (unpaired) electrons. The molecule has 3 N–H and O–H groups in total. The number of carboxylic acid groups (broad SMARTS) is 1. The number of nitrogens with one attached hydrogen (secondary N) is 1. The monoisotopic (exact) mass is 443 g/mol. The van der Waals surface area contributed by atoms with Gasteiger partial charge >= 0.3 is 5.97 Å². The smallest absolute Gasteiger partial charge is 0.328 e. The molecule has 0 saturated carbocycles. The van der Waals surface area contributed by atoms with Crippen LogP contribution in [0.4, 0.5) is 0 Å². The maximum Gasteiger partial charge on any atom is 0.328 e. The number of carboxylic acids is 1. The van der Waals surface area contributed by atoms with Crippen molar-refractivity contribution in [2.45, 2.75) is 6.04 Å². The van der Waals surface area contributed by atoms with Gasteiger partial charge in [0.1, 0.15) is 29.0 Å². The van der Waals surface area contributed by atoms with Crippen LogP contribution in [0.5, 0.6) is 23.0 Å². The second-order valence-corrected chi connectivity index (χ2v) is 6.64. The molecule has 0 bridgehead atoms. The van der Waals surface area contributed by atoms with Crippen LogP contribution in [0.3, 0.4) is 0 Å². The highest BCUT2D eigenvalue weighted by Gasteiger charge is 2.28. The minimum atomic E-state index is -1.42. The molecular formula is C22H21NO9. The number of carbonyl (C=O) groups excluding carboxylic acids is 2. The summed E-state index contributed by atoms with van der Waals surface area (Å²) in [4.78, 5) is 35.3. The van der Waals surface area contributed by atoms with Crippen LogP contribution in [-0.2, 0) is 9.59 Å². The Balaban J connectivity index is 1.71. The van der Waals surface area contributed by atoms with Crippen LogP contribution in [0.1, 0.15) is 15.9 Å². The number of benzene rings is 2. The number of amides is 1. The molecule has 10 nitrogen and oxygen atoms in total. The molecule has 1 aliphatic heterocycles. The number of Topliss-reactive ketones (excluding diaryl/α,β-unsaturated/α-hetero) is 1. The zero-order chi connectivity index (χ0) is 23.3. The number of aliphatic carboxylic acids is 1. The van der Waals surface area contributed by atoms with Crippen LogP contribution in [-0.4, -0.2) is 61.3 Å². The van der Waals surface area contributed by atoms with Crippen LogP contribution < -0.4 is 24.3 Å². The normalized spacial score (nSPS) is 14.3. The third-order valence-corrected chi connectivity index (χ3v) is 4.55. The summed E-state index contributed by atoms with van der Waals surface area (Å²) >= 11 is 0. The number of fused-ring (bicyclic) bond motifs is 1. The topological polar surface area (TPSA) is 141 Å². The molecule has 1 unspecified atom stereocenters. The van der Waals surface area contributed by atoms with Gasteiger partial charge in [-0.15, -0.1) is 0 Å². The number of ether oxygens (including phenoxy) is 4. The van der Waals surface area contributed by atoms with Crippen LogP contribution in [0.25, 0.3) is 6.08 Å². The first kappa shape index (κ1) is 22.6.